The van der Waals surface area contributed by atoms with E-state index >= 15 is 0 Å². The Morgan fingerprint density at radius 3 is 2.62 bits per heavy atom. The van der Waals surface area contributed by atoms with E-state index < -0.39 is 18.1 Å². The van der Waals surface area contributed by atoms with Crippen molar-refractivity contribution in [3.63, 3.8) is 0 Å². The first kappa shape index (κ1) is 23.3. The van der Waals surface area contributed by atoms with Crippen molar-refractivity contribution in [1.82, 2.24) is 10.2 Å². The van der Waals surface area contributed by atoms with Crippen LogP contribution in [0.3, 0.4) is 0 Å². The number of imide groups is 1. The van der Waals surface area contributed by atoms with E-state index in [9.17, 15) is 9.59 Å². The number of benzene rings is 3. The molecule has 0 spiro atoms. The van der Waals surface area contributed by atoms with Crippen molar-refractivity contribution in [2.24, 2.45) is 5.16 Å². The molecule has 0 aliphatic carbocycles. The highest BCUT2D eigenvalue weighted by molar-refractivity contribution is 5.93. The predicted molar refractivity (Wildman–Crippen MR) is 128 cm³/mol. The van der Waals surface area contributed by atoms with E-state index in [1.165, 1.54) is 7.11 Å². The molecule has 4 rings (SSSR count). The van der Waals surface area contributed by atoms with E-state index in [1.54, 1.807) is 0 Å². The summed E-state index contributed by atoms with van der Waals surface area (Å²) in [7, 11) is 1.50. The summed E-state index contributed by atoms with van der Waals surface area (Å²) in [6.07, 6.45) is -0.841. The van der Waals surface area contributed by atoms with Crippen LogP contribution in [0, 0.1) is 0 Å². The van der Waals surface area contributed by atoms with Gasteiger partial charge in [-0.25, -0.2) is 9.69 Å². The van der Waals surface area contributed by atoms with Gasteiger partial charge >= 0.3 is 6.09 Å². The van der Waals surface area contributed by atoms with Crippen molar-refractivity contribution in [2.75, 3.05) is 20.2 Å². The number of hydrogen-bond donors (Lipinski definition) is 1. The molecule has 34 heavy (non-hydrogen) atoms. The molecule has 3 aromatic carbocycles. The highest BCUT2D eigenvalue weighted by Crippen LogP contribution is 2.18. The smallest absolute Gasteiger partial charge is 0.417 e. The zero-order chi connectivity index (χ0) is 23.8. The number of nitrogens with one attached hydrogen (secondary N) is 1. The van der Waals surface area contributed by atoms with Crippen molar-refractivity contribution in [1.29, 1.82) is 0 Å². The molecule has 8 nitrogen and oxygen atoms in total. The second-order valence-corrected chi connectivity index (χ2v) is 7.91. The first-order valence-electron chi connectivity index (χ1n) is 11.1. The first-order chi connectivity index (χ1) is 16.6. The SMILES string of the molecule is COC1=NOC(CN(C(=O)CNCc2cccc3ccccc23)C(=O)OCc2ccccc2)C1. The van der Waals surface area contributed by atoms with Gasteiger partial charge < -0.3 is 19.6 Å². The maximum atomic E-state index is 13.0. The van der Waals surface area contributed by atoms with Gasteiger partial charge in [-0.15, -0.1) is 0 Å². The average molecular weight is 462 g/mol. The summed E-state index contributed by atoms with van der Waals surface area (Å²) in [6, 6.07) is 23.4. The highest BCUT2D eigenvalue weighted by Gasteiger charge is 2.31. The quantitative estimate of drug-likeness (QED) is 0.548. The van der Waals surface area contributed by atoms with Gasteiger partial charge in [0.2, 0.25) is 11.8 Å². The Morgan fingerprint density at radius 1 is 1.06 bits per heavy atom. The van der Waals surface area contributed by atoms with Crippen LogP contribution in [-0.4, -0.2) is 49.1 Å². The van der Waals surface area contributed by atoms with Crippen LogP contribution in [0.4, 0.5) is 4.79 Å². The Hall–Kier alpha value is -3.91. The molecule has 2 amide bonds. The molecule has 1 unspecified atom stereocenters. The Balaban J connectivity index is 1.38. The minimum absolute atomic E-state index is 0.0127. The highest BCUT2D eigenvalue weighted by atomic mass is 16.7. The molecule has 0 saturated carbocycles. The maximum absolute atomic E-state index is 13.0. The van der Waals surface area contributed by atoms with E-state index in [0.29, 0.717) is 18.9 Å². The van der Waals surface area contributed by atoms with Crippen LogP contribution in [-0.2, 0) is 32.3 Å². The molecule has 1 N–H and O–H groups in total. The summed E-state index contributed by atoms with van der Waals surface area (Å²) < 4.78 is 10.5. The van der Waals surface area contributed by atoms with Crippen LogP contribution >= 0.6 is 0 Å². The van der Waals surface area contributed by atoms with Gasteiger partial charge in [0.15, 0.2) is 6.10 Å². The van der Waals surface area contributed by atoms with E-state index in [1.807, 2.05) is 72.8 Å². The lowest BCUT2D eigenvalue weighted by atomic mass is 10.0. The van der Waals surface area contributed by atoms with Gasteiger partial charge in [0.25, 0.3) is 0 Å². The fourth-order valence-electron chi connectivity index (χ4n) is 3.75. The summed E-state index contributed by atoms with van der Waals surface area (Å²) in [5.41, 5.74) is 1.90. The van der Waals surface area contributed by atoms with Gasteiger partial charge in [-0.05, 0) is 21.9 Å². The third-order valence-corrected chi connectivity index (χ3v) is 5.53. The largest absolute Gasteiger partial charge is 0.482 e. The Morgan fingerprint density at radius 2 is 1.82 bits per heavy atom. The van der Waals surface area contributed by atoms with Gasteiger partial charge in [-0.3, -0.25) is 4.79 Å². The summed E-state index contributed by atoms with van der Waals surface area (Å²) in [5.74, 6) is 0.0110. The summed E-state index contributed by atoms with van der Waals surface area (Å²) in [6.45, 7) is 0.530. The number of amides is 2. The van der Waals surface area contributed by atoms with Gasteiger partial charge in [0.1, 0.15) is 6.61 Å². The number of nitrogens with zero attached hydrogens (tertiary/aromatic N) is 2. The normalized spacial score (nSPS) is 14.9. The molecule has 1 aliphatic rings. The number of carbonyl (C=O) groups excluding carboxylic acids is 2. The van der Waals surface area contributed by atoms with Gasteiger partial charge in [0, 0.05) is 6.54 Å². The van der Waals surface area contributed by atoms with Crippen molar-refractivity contribution < 1.29 is 23.9 Å². The Labute approximate surface area is 198 Å². The van der Waals surface area contributed by atoms with Crippen molar-refractivity contribution in [3.8, 4) is 0 Å². The first-order valence-corrected chi connectivity index (χ1v) is 11.1. The zero-order valence-corrected chi connectivity index (χ0v) is 19.0. The third-order valence-electron chi connectivity index (χ3n) is 5.53. The summed E-state index contributed by atoms with van der Waals surface area (Å²) >= 11 is 0. The second-order valence-electron chi connectivity index (χ2n) is 7.91. The Bertz CT molecular complexity index is 1160. The monoisotopic (exact) mass is 461 g/mol. The number of rotatable bonds is 8. The molecule has 0 saturated heterocycles. The molecule has 8 heteroatoms. The van der Waals surface area contributed by atoms with E-state index in [4.69, 9.17) is 14.3 Å². The molecular weight excluding hydrogens is 434 g/mol. The molecular formula is C26H27N3O5. The van der Waals surface area contributed by atoms with Gasteiger partial charge in [-0.2, -0.15) is 0 Å². The maximum Gasteiger partial charge on any atom is 0.417 e. The lowest BCUT2D eigenvalue weighted by molar-refractivity contribution is -0.130. The molecule has 0 fully saturated rings. The molecule has 176 valence electrons. The number of fused-ring (bicyclic) bond motifs is 1. The van der Waals surface area contributed by atoms with Crippen molar-refractivity contribution in [2.45, 2.75) is 25.7 Å². The number of carbonyl (C=O) groups is 2. The number of ether oxygens (including phenoxy) is 2. The Kier molecular flexibility index (Phi) is 7.72. The minimum atomic E-state index is -0.727. The van der Waals surface area contributed by atoms with Crippen LogP contribution < -0.4 is 5.32 Å². The number of oxime groups is 1. The number of hydrogen-bond acceptors (Lipinski definition) is 7. The molecule has 0 bridgehead atoms. The lowest BCUT2D eigenvalue weighted by Crippen LogP contribution is -2.46. The molecule has 3 aromatic rings. The third kappa shape index (κ3) is 5.90. The summed E-state index contributed by atoms with van der Waals surface area (Å²) in [5, 5.41) is 9.22. The van der Waals surface area contributed by atoms with E-state index in [2.05, 4.69) is 10.5 Å². The van der Waals surface area contributed by atoms with Gasteiger partial charge in [-0.1, -0.05) is 78.0 Å². The molecule has 1 aliphatic heterocycles. The molecule has 1 heterocycles. The van der Waals surface area contributed by atoms with Crippen LogP contribution in [0.2, 0.25) is 0 Å². The van der Waals surface area contributed by atoms with E-state index in [-0.39, 0.29) is 19.7 Å². The fraction of sp³-hybridized carbons (Fsp3) is 0.269. The fourth-order valence-corrected chi connectivity index (χ4v) is 3.75. The van der Waals surface area contributed by atoms with Crippen LogP contribution in [0.1, 0.15) is 17.5 Å². The summed E-state index contributed by atoms with van der Waals surface area (Å²) in [4.78, 5) is 32.2. The van der Waals surface area contributed by atoms with Crippen molar-refractivity contribution in [3.05, 3.63) is 83.9 Å². The standard InChI is InChI=1S/C26H27N3O5/c1-32-24-14-22(34-28-24)17-29(26(31)33-18-19-8-3-2-4-9-19)25(30)16-27-15-21-12-7-11-20-10-5-6-13-23(20)21/h2-13,22,27H,14-18H2,1H3. The van der Waals surface area contributed by atoms with Crippen LogP contribution in [0.5, 0.6) is 0 Å². The van der Waals surface area contributed by atoms with Gasteiger partial charge in [0.05, 0.1) is 26.6 Å². The number of methoxy groups -OCH3 is 1. The lowest BCUT2D eigenvalue weighted by Gasteiger charge is -2.22. The average Bonchev–Trinajstić information content (AvgIpc) is 3.34. The van der Waals surface area contributed by atoms with Crippen molar-refractivity contribution >= 4 is 28.7 Å². The second kappa shape index (κ2) is 11.3. The predicted octanol–water partition coefficient (Wildman–Crippen LogP) is 3.84. The zero-order valence-electron chi connectivity index (χ0n) is 19.0. The molecule has 0 radical (unpaired) electrons. The van der Waals surface area contributed by atoms with Crippen LogP contribution in [0.25, 0.3) is 10.8 Å². The van der Waals surface area contributed by atoms with Crippen LogP contribution in [0.15, 0.2) is 78.0 Å². The molecule has 0 aromatic heterocycles. The minimum Gasteiger partial charge on any atom is -0.482 e. The van der Waals surface area contributed by atoms with E-state index in [0.717, 1.165) is 26.8 Å². The molecule has 1 atom stereocenters. The topological polar surface area (TPSA) is 89.5 Å².